The van der Waals surface area contributed by atoms with Gasteiger partial charge in [0, 0.05) is 10.2 Å². The lowest BCUT2D eigenvalue weighted by Gasteiger charge is -2.00. The molecule has 1 rings (SSSR count). The van der Waals surface area contributed by atoms with Gasteiger partial charge in [-0.05, 0) is 27.4 Å². The molecule has 0 atom stereocenters. The smallest absolute Gasteiger partial charge is 0.306 e. The Morgan fingerprint density at radius 2 is 2.31 bits per heavy atom. The molecule has 0 aromatic carbocycles. The molecule has 0 amide bonds. The van der Waals surface area contributed by atoms with Crippen LogP contribution in [0.2, 0.25) is 0 Å². The fourth-order valence-corrected chi connectivity index (χ4v) is 3.39. The predicted octanol–water partition coefficient (Wildman–Crippen LogP) is 2.99. The van der Waals surface area contributed by atoms with E-state index in [-0.39, 0.29) is 11.8 Å². The van der Waals surface area contributed by atoms with E-state index in [1.165, 1.54) is 30.2 Å². The first-order valence-electron chi connectivity index (χ1n) is 4.56. The van der Waals surface area contributed by atoms with Crippen LogP contribution in [0.4, 0.5) is 0 Å². The van der Waals surface area contributed by atoms with E-state index in [1.807, 2.05) is 11.4 Å². The largest absolute Gasteiger partial charge is 0.469 e. The van der Waals surface area contributed by atoms with E-state index in [9.17, 15) is 9.59 Å². The minimum Gasteiger partial charge on any atom is -0.469 e. The fraction of sp³-hybridized carbons (Fsp3) is 0.400. The molecule has 88 valence electrons. The van der Waals surface area contributed by atoms with Crippen molar-refractivity contribution in [2.45, 2.75) is 6.42 Å². The maximum atomic E-state index is 11.7. The lowest BCUT2D eigenvalue weighted by molar-refractivity contribution is -0.140. The number of carbonyl (C=O) groups is 2. The van der Waals surface area contributed by atoms with Gasteiger partial charge in [0.2, 0.25) is 0 Å². The molecule has 6 heteroatoms. The number of carbonyl (C=O) groups excluding carboxylic acids is 2. The monoisotopic (exact) mass is 322 g/mol. The zero-order valence-corrected chi connectivity index (χ0v) is 11.9. The van der Waals surface area contributed by atoms with Crippen LogP contribution in [0.3, 0.4) is 0 Å². The second-order valence-electron chi connectivity index (χ2n) is 2.90. The summed E-state index contributed by atoms with van der Waals surface area (Å²) in [6.07, 6.45) is 0.347. The average Bonchev–Trinajstić information content (AvgIpc) is 2.70. The van der Waals surface area contributed by atoms with Crippen LogP contribution in [-0.2, 0) is 9.53 Å². The summed E-state index contributed by atoms with van der Waals surface area (Å²) in [6, 6.07) is 1.86. The normalized spacial score (nSPS) is 10.1. The summed E-state index contributed by atoms with van der Waals surface area (Å²) in [5.41, 5.74) is 0. The molecule has 16 heavy (non-hydrogen) atoms. The van der Waals surface area contributed by atoms with Gasteiger partial charge in [-0.25, -0.2) is 0 Å². The molecule has 3 nitrogen and oxygen atoms in total. The summed E-state index contributed by atoms with van der Waals surface area (Å²) in [5.74, 6) is 0.867. The van der Waals surface area contributed by atoms with E-state index in [1.54, 1.807) is 0 Å². The molecule has 0 fully saturated rings. The van der Waals surface area contributed by atoms with Gasteiger partial charge in [-0.1, -0.05) is 0 Å². The highest BCUT2D eigenvalue weighted by Gasteiger charge is 2.11. The summed E-state index contributed by atoms with van der Waals surface area (Å²) < 4.78 is 5.35. The molecule has 0 aliphatic rings. The van der Waals surface area contributed by atoms with Gasteiger partial charge in [0.05, 0.1) is 24.2 Å². The number of ether oxygens (including phenoxy) is 1. The number of halogens is 1. The van der Waals surface area contributed by atoms with E-state index >= 15 is 0 Å². The maximum absolute atomic E-state index is 11.7. The minimum atomic E-state index is -0.239. The molecule has 0 bridgehead atoms. The Hall–Kier alpha value is -0.330. The van der Waals surface area contributed by atoms with Gasteiger partial charge in [0.15, 0.2) is 5.78 Å². The zero-order valence-electron chi connectivity index (χ0n) is 8.70. The molecule has 1 aromatic rings. The highest BCUT2D eigenvalue weighted by atomic mass is 79.9. The van der Waals surface area contributed by atoms with Crippen molar-refractivity contribution < 1.29 is 14.3 Å². The van der Waals surface area contributed by atoms with Crippen LogP contribution in [0.5, 0.6) is 0 Å². The van der Waals surface area contributed by atoms with Crippen molar-refractivity contribution >= 4 is 50.8 Å². The molecule has 0 aliphatic heterocycles. The van der Waals surface area contributed by atoms with Crippen LogP contribution in [0.15, 0.2) is 15.9 Å². The van der Waals surface area contributed by atoms with Crippen molar-refractivity contribution in [3.05, 3.63) is 20.8 Å². The van der Waals surface area contributed by atoms with Gasteiger partial charge in [-0.3, -0.25) is 9.59 Å². The van der Waals surface area contributed by atoms with Crippen LogP contribution in [0.25, 0.3) is 0 Å². The third-order valence-corrected chi connectivity index (χ3v) is 4.62. The number of ketones is 1. The zero-order chi connectivity index (χ0) is 12.0. The molecule has 0 N–H and O–H groups in total. The molecule has 0 saturated carbocycles. The standard InChI is InChI=1S/C10H11BrO3S2/c1-14-9(13)3-4-15-6-8(12)10-7(11)2-5-16-10/h2,5H,3-4,6H2,1H3. The van der Waals surface area contributed by atoms with Crippen molar-refractivity contribution in [1.82, 2.24) is 0 Å². The van der Waals surface area contributed by atoms with Crippen molar-refractivity contribution in [3.63, 3.8) is 0 Å². The highest BCUT2D eigenvalue weighted by molar-refractivity contribution is 9.10. The van der Waals surface area contributed by atoms with Crippen molar-refractivity contribution in [1.29, 1.82) is 0 Å². The van der Waals surface area contributed by atoms with Crippen LogP contribution < -0.4 is 0 Å². The maximum Gasteiger partial charge on any atom is 0.306 e. The molecule has 0 saturated heterocycles. The Morgan fingerprint density at radius 1 is 1.56 bits per heavy atom. The SMILES string of the molecule is COC(=O)CCSCC(=O)c1sccc1Br. The second kappa shape index (κ2) is 7.09. The topological polar surface area (TPSA) is 43.4 Å². The first kappa shape index (κ1) is 13.7. The van der Waals surface area contributed by atoms with E-state index in [0.29, 0.717) is 17.9 Å². The lowest BCUT2D eigenvalue weighted by atomic mass is 10.3. The van der Waals surface area contributed by atoms with Gasteiger partial charge in [-0.2, -0.15) is 11.8 Å². The first-order chi connectivity index (χ1) is 7.65. The molecular formula is C10H11BrO3S2. The molecular weight excluding hydrogens is 312 g/mol. The molecule has 1 heterocycles. The van der Waals surface area contributed by atoms with Crippen molar-refractivity contribution in [3.8, 4) is 0 Å². The Kier molecular flexibility index (Phi) is 6.08. The van der Waals surface area contributed by atoms with Crippen LogP contribution in [0.1, 0.15) is 16.1 Å². The van der Waals surface area contributed by atoms with Gasteiger partial charge in [-0.15, -0.1) is 11.3 Å². The van der Waals surface area contributed by atoms with E-state index in [4.69, 9.17) is 0 Å². The summed E-state index contributed by atoms with van der Waals surface area (Å²) in [7, 11) is 1.36. The highest BCUT2D eigenvalue weighted by Crippen LogP contribution is 2.24. The molecule has 0 unspecified atom stereocenters. The Morgan fingerprint density at radius 3 is 2.88 bits per heavy atom. The van der Waals surface area contributed by atoms with Crippen molar-refractivity contribution in [2.24, 2.45) is 0 Å². The van der Waals surface area contributed by atoms with E-state index in [2.05, 4.69) is 20.7 Å². The predicted molar refractivity (Wildman–Crippen MR) is 70.3 cm³/mol. The minimum absolute atomic E-state index is 0.0942. The van der Waals surface area contributed by atoms with Gasteiger partial charge < -0.3 is 4.74 Å². The number of thioether (sulfide) groups is 1. The second-order valence-corrected chi connectivity index (χ2v) is 5.78. The molecule has 1 aromatic heterocycles. The van der Waals surface area contributed by atoms with Crippen molar-refractivity contribution in [2.75, 3.05) is 18.6 Å². The number of methoxy groups -OCH3 is 1. The summed E-state index contributed by atoms with van der Waals surface area (Å²) in [4.78, 5) is 23.2. The molecule has 0 spiro atoms. The van der Waals surface area contributed by atoms with E-state index < -0.39 is 0 Å². The Balaban J connectivity index is 2.26. The summed E-state index contributed by atoms with van der Waals surface area (Å²) in [5, 5.41) is 1.87. The Labute approximate surface area is 111 Å². The number of thiophene rings is 1. The number of esters is 1. The third-order valence-electron chi connectivity index (χ3n) is 1.78. The van der Waals surface area contributed by atoms with Crippen LogP contribution in [-0.4, -0.2) is 30.4 Å². The number of Topliss-reactive ketones (excluding diaryl/α,β-unsaturated/α-hetero) is 1. The number of hydrogen-bond acceptors (Lipinski definition) is 5. The number of rotatable bonds is 6. The summed E-state index contributed by atoms with van der Waals surface area (Å²) in [6.45, 7) is 0. The van der Waals surface area contributed by atoms with Gasteiger partial charge in [0.25, 0.3) is 0 Å². The van der Waals surface area contributed by atoms with Crippen LogP contribution in [0, 0.1) is 0 Å². The molecule has 0 aliphatic carbocycles. The Bertz CT molecular complexity index is 376. The lowest BCUT2D eigenvalue weighted by Crippen LogP contribution is -2.05. The molecule has 0 radical (unpaired) electrons. The van der Waals surface area contributed by atoms with Crippen LogP contribution >= 0.6 is 39.0 Å². The first-order valence-corrected chi connectivity index (χ1v) is 7.38. The summed E-state index contributed by atoms with van der Waals surface area (Å²) >= 11 is 6.19. The van der Waals surface area contributed by atoms with E-state index in [0.717, 1.165) is 9.35 Å². The third kappa shape index (κ3) is 4.27. The average molecular weight is 323 g/mol. The quantitative estimate of drug-likeness (QED) is 0.459. The number of hydrogen-bond donors (Lipinski definition) is 0. The van der Waals surface area contributed by atoms with Gasteiger partial charge in [0.1, 0.15) is 0 Å². The fourth-order valence-electron chi connectivity index (χ4n) is 0.981. The van der Waals surface area contributed by atoms with Gasteiger partial charge >= 0.3 is 5.97 Å².